The van der Waals surface area contributed by atoms with Crippen LogP contribution >= 0.6 is 0 Å². The predicted molar refractivity (Wildman–Crippen MR) is 125 cm³/mol. The molecule has 1 N–H and O–H groups in total. The molecule has 2 heterocycles. The van der Waals surface area contributed by atoms with Gasteiger partial charge >= 0.3 is 0 Å². The number of halogens is 1. The van der Waals surface area contributed by atoms with Crippen molar-refractivity contribution in [2.75, 3.05) is 28.4 Å². The highest BCUT2D eigenvalue weighted by atomic mass is 127. The third-order valence-corrected chi connectivity index (χ3v) is 6.04. The molecule has 0 bridgehead atoms. The van der Waals surface area contributed by atoms with Crippen LogP contribution in [0.1, 0.15) is 25.1 Å². The van der Waals surface area contributed by atoms with Gasteiger partial charge in [0.25, 0.3) is 0 Å². The van der Waals surface area contributed by atoms with Gasteiger partial charge in [0.05, 0.1) is 32.4 Å². The standard InChI is InChI=1S/C26H28N2O3.HI/c1-26(2)20-9-7-8-10-23(20)28(3)25(26)12-11-21-24(31-6)16-22(27-21)17-13-18(29-4)15-19(14-17)30-5;/h7-16H,1-6H3;1H. The molecule has 0 saturated heterocycles. The molecular weight excluding hydrogens is 515 g/mol. The van der Waals surface area contributed by atoms with Crippen LogP contribution in [0.4, 0.5) is 5.69 Å². The average molecular weight is 544 g/mol. The highest BCUT2D eigenvalue weighted by Crippen LogP contribution is 2.39. The van der Waals surface area contributed by atoms with Crippen molar-refractivity contribution in [1.82, 2.24) is 4.98 Å². The molecule has 5 nitrogen and oxygen atoms in total. The Labute approximate surface area is 206 Å². The van der Waals surface area contributed by atoms with E-state index < -0.39 is 0 Å². The Balaban J connectivity index is 0.00000289. The van der Waals surface area contributed by atoms with Gasteiger partial charge in [-0.25, -0.2) is 0 Å². The minimum atomic E-state index is -0.0787. The highest BCUT2D eigenvalue weighted by Gasteiger charge is 2.42. The second-order valence-corrected chi connectivity index (χ2v) is 8.19. The Bertz CT molecular complexity index is 1170. The number of nitrogens with zero attached hydrogens (tertiary/aromatic N) is 1. The zero-order chi connectivity index (χ0) is 22.2. The lowest BCUT2D eigenvalue weighted by Gasteiger charge is -2.15. The lowest BCUT2D eigenvalue weighted by molar-refractivity contribution is -0.401. The predicted octanol–water partition coefficient (Wildman–Crippen LogP) is 2.43. The number of nitrogens with one attached hydrogen (secondary N) is 1. The van der Waals surface area contributed by atoms with Crippen LogP contribution in [-0.4, -0.2) is 43.6 Å². The molecule has 1 aliphatic rings. The molecule has 2 aromatic carbocycles. The Kier molecular flexibility index (Phi) is 7.03. The Hall–Kier alpha value is -2.74. The van der Waals surface area contributed by atoms with E-state index in [1.165, 1.54) is 17.0 Å². The fourth-order valence-corrected chi connectivity index (χ4v) is 4.33. The van der Waals surface area contributed by atoms with E-state index in [1.54, 1.807) is 21.3 Å². The summed E-state index contributed by atoms with van der Waals surface area (Å²) in [7, 11) is 7.10. The number of fused-ring (bicyclic) bond motifs is 1. The van der Waals surface area contributed by atoms with Gasteiger partial charge in [0.15, 0.2) is 5.71 Å². The number of ether oxygens (including phenoxy) is 3. The Morgan fingerprint density at radius 2 is 1.53 bits per heavy atom. The maximum atomic E-state index is 5.65. The quantitative estimate of drug-likeness (QED) is 0.383. The van der Waals surface area contributed by atoms with Crippen LogP contribution in [0.2, 0.25) is 0 Å². The van der Waals surface area contributed by atoms with Crippen LogP contribution in [0.3, 0.4) is 0 Å². The summed E-state index contributed by atoms with van der Waals surface area (Å²) in [6.07, 6.45) is 4.25. The Morgan fingerprint density at radius 1 is 0.875 bits per heavy atom. The maximum absolute atomic E-state index is 5.65. The molecule has 3 aromatic rings. The van der Waals surface area contributed by atoms with Gasteiger partial charge in [-0.05, 0) is 32.1 Å². The maximum Gasteiger partial charge on any atom is 0.209 e. The first kappa shape index (κ1) is 23.9. The monoisotopic (exact) mass is 544 g/mol. The molecule has 1 aliphatic heterocycles. The second-order valence-electron chi connectivity index (χ2n) is 8.19. The van der Waals surface area contributed by atoms with Gasteiger partial charge in [-0.1, -0.05) is 18.2 Å². The first-order valence-electron chi connectivity index (χ1n) is 10.3. The number of H-pyrrole nitrogens is 1. The normalized spacial score (nSPS) is 14.3. The van der Waals surface area contributed by atoms with E-state index in [1.807, 2.05) is 24.3 Å². The van der Waals surface area contributed by atoms with Gasteiger partial charge in [0.1, 0.15) is 24.3 Å². The number of methoxy groups -OCH3 is 3. The molecular formula is C26H29IN2O3. The van der Waals surface area contributed by atoms with Crippen molar-refractivity contribution in [2.24, 2.45) is 0 Å². The molecule has 1 aromatic heterocycles. The van der Waals surface area contributed by atoms with Gasteiger partial charge in [0.2, 0.25) is 5.69 Å². The summed E-state index contributed by atoms with van der Waals surface area (Å²) in [6, 6.07) is 16.4. The zero-order valence-corrected chi connectivity index (χ0v) is 21.5. The molecule has 0 spiro atoms. The van der Waals surface area contributed by atoms with Gasteiger partial charge in [-0.2, -0.15) is 4.58 Å². The van der Waals surface area contributed by atoms with E-state index in [2.05, 4.69) is 66.9 Å². The zero-order valence-electron chi connectivity index (χ0n) is 19.3. The van der Waals surface area contributed by atoms with Crippen molar-refractivity contribution in [3.05, 3.63) is 65.9 Å². The van der Waals surface area contributed by atoms with Crippen molar-refractivity contribution in [2.45, 2.75) is 19.3 Å². The summed E-state index contributed by atoms with van der Waals surface area (Å²) in [6.45, 7) is 4.52. The van der Waals surface area contributed by atoms with Crippen molar-refractivity contribution in [3.8, 4) is 28.5 Å². The molecule has 0 saturated carbocycles. The molecule has 0 amide bonds. The first-order chi connectivity index (χ1) is 14.9. The summed E-state index contributed by atoms with van der Waals surface area (Å²) in [5, 5.41) is 0. The first-order valence-corrected chi connectivity index (χ1v) is 10.3. The number of hydrogen-bond donors (Lipinski definition) is 1. The molecule has 0 aliphatic carbocycles. The van der Waals surface area contributed by atoms with Crippen LogP contribution in [0, 0.1) is 0 Å². The van der Waals surface area contributed by atoms with Crippen LogP contribution in [0.15, 0.2) is 54.6 Å². The number of allylic oxidation sites excluding steroid dienone is 1. The lowest BCUT2D eigenvalue weighted by atomic mass is 9.81. The highest BCUT2D eigenvalue weighted by molar-refractivity contribution is 6.05. The third-order valence-electron chi connectivity index (χ3n) is 6.04. The van der Waals surface area contributed by atoms with E-state index in [0.29, 0.717) is 0 Å². The SMILES string of the molecule is COc1cc(OC)cc(-c2cc(OC)c(/C=C/C3=[N+](C)c4ccccc4C3(C)C)[nH]2)c1.[I-]. The summed E-state index contributed by atoms with van der Waals surface area (Å²) in [4.78, 5) is 3.48. The number of hydrogen-bond acceptors (Lipinski definition) is 3. The second kappa shape index (κ2) is 9.40. The van der Waals surface area contributed by atoms with Gasteiger partial charge in [0, 0.05) is 41.1 Å². The van der Waals surface area contributed by atoms with E-state index in [9.17, 15) is 0 Å². The van der Waals surface area contributed by atoms with Crippen LogP contribution < -0.4 is 38.2 Å². The van der Waals surface area contributed by atoms with Crippen LogP contribution in [-0.2, 0) is 5.41 Å². The number of benzene rings is 2. The molecule has 0 fully saturated rings. The summed E-state index contributed by atoms with van der Waals surface area (Å²) >= 11 is 0. The van der Waals surface area contributed by atoms with E-state index in [-0.39, 0.29) is 29.4 Å². The molecule has 0 radical (unpaired) electrons. The van der Waals surface area contributed by atoms with Crippen molar-refractivity contribution in [3.63, 3.8) is 0 Å². The fraction of sp³-hybridized carbons (Fsp3) is 0.269. The lowest BCUT2D eigenvalue weighted by Crippen LogP contribution is -3.00. The molecule has 4 rings (SSSR count). The topological polar surface area (TPSA) is 46.5 Å². The van der Waals surface area contributed by atoms with Crippen molar-refractivity contribution >= 4 is 17.5 Å². The Morgan fingerprint density at radius 3 is 2.12 bits per heavy atom. The number of aromatic nitrogens is 1. The third kappa shape index (κ3) is 4.16. The number of para-hydroxylation sites is 1. The summed E-state index contributed by atoms with van der Waals surface area (Å²) in [5.74, 6) is 2.26. The van der Waals surface area contributed by atoms with Crippen LogP contribution in [0.5, 0.6) is 17.2 Å². The van der Waals surface area contributed by atoms with Crippen molar-refractivity contribution < 1.29 is 42.8 Å². The molecule has 6 heteroatoms. The molecule has 168 valence electrons. The van der Waals surface area contributed by atoms with Gasteiger partial charge < -0.3 is 43.2 Å². The average Bonchev–Trinajstić information content (AvgIpc) is 3.29. The molecule has 0 atom stereocenters. The number of rotatable bonds is 6. The summed E-state index contributed by atoms with van der Waals surface area (Å²) < 4.78 is 18.7. The molecule has 0 unspecified atom stereocenters. The van der Waals surface area contributed by atoms with Crippen molar-refractivity contribution in [1.29, 1.82) is 0 Å². The molecule has 32 heavy (non-hydrogen) atoms. The summed E-state index contributed by atoms with van der Waals surface area (Å²) in [5.41, 5.74) is 6.54. The van der Waals surface area contributed by atoms with Gasteiger partial charge in [-0.3, -0.25) is 0 Å². The largest absolute Gasteiger partial charge is 1.00 e. The van der Waals surface area contributed by atoms with Crippen LogP contribution in [0.25, 0.3) is 17.3 Å². The van der Waals surface area contributed by atoms with E-state index >= 15 is 0 Å². The minimum absolute atomic E-state index is 0. The fourth-order valence-electron chi connectivity index (χ4n) is 4.33. The number of aromatic amines is 1. The minimum Gasteiger partial charge on any atom is -1.00 e. The van der Waals surface area contributed by atoms with Gasteiger partial charge in [-0.15, -0.1) is 0 Å². The van der Waals surface area contributed by atoms with E-state index in [4.69, 9.17) is 14.2 Å². The van der Waals surface area contributed by atoms with E-state index in [0.717, 1.165) is 34.2 Å². The smallest absolute Gasteiger partial charge is 0.209 e.